The third kappa shape index (κ3) is 3.74. The molecule has 0 saturated carbocycles. The fourth-order valence-electron chi connectivity index (χ4n) is 3.89. The Morgan fingerprint density at radius 3 is 2.22 bits per heavy atom. The molecule has 1 aliphatic heterocycles. The van der Waals surface area contributed by atoms with Gasteiger partial charge in [0.1, 0.15) is 5.82 Å². The average Bonchev–Trinajstić information content (AvgIpc) is 2.99. The Bertz CT molecular complexity index is 894. The molecule has 0 N–H and O–H groups in total. The zero-order valence-electron chi connectivity index (χ0n) is 15.9. The lowest BCUT2D eigenvalue weighted by Crippen LogP contribution is -2.46. The van der Waals surface area contributed by atoms with Crippen LogP contribution >= 0.6 is 0 Å². The number of rotatable bonds is 4. The smallest absolute Gasteiger partial charge is 0.123 e. The Hall–Kier alpha value is -2.66. The summed E-state index contributed by atoms with van der Waals surface area (Å²) in [5.74, 6) is -0.176. The predicted molar refractivity (Wildman–Crippen MR) is 107 cm³/mol. The molecule has 2 heterocycles. The third-order valence-electron chi connectivity index (χ3n) is 5.26. The van der Waals surface area contributed by atoms with Gasteiger partial charge in [-0.15, -0.1) is 0 Å². The lowest BCUT2D eigenvalue weighted by Gasteiger charge is -2.36. The lowest BCUT2D eigenvalue weighted by molar-refractivity contribution is 0.249. The van der Waals surface area contributed by atoms with E-state index < -0.39 is 0 Å². The molecule has 5 heteroatoms. The molecule has 4 rings (SSSR count). The maximum atomic E-state index is 13.1. The quantitative estimate of drug-likeness (QED) is 0.701. The number of aromatic nitrogens is 2. The second kappa shape index (κ2) is 7.53. The molecule has 1 aromatic heterocycles. The number of para-hydroxylation sites is 1. The number of benzene rings is 2. The highest BCUT2D eigenvalue weighted by atomic mass is 19.1. The number of piperazine rings is 1. The van der Waals surface area contributed by atoms with E-state index in [-0.39, 0.29) is 5.82 Å². The van der Waals surface area contributed by atoms with Crippen LogP contribution < -0.4 is 4.90 Å². The topological polar surface area (TPSA) is 24.3 Å². The minimum Gasteiger partial charge on any atom is -0.366 e. The van der Waals surface area contributed by atoms with Crippen molar-refractivity contribution in [2.75, 3.05) is 31.1 Å². The number of hydrogen-bond acceptors (Lipinski definition) is 3. The van der Waals surface area contributed by atoms with Crippen LogP contribution in [0.1, 0.15) is 17.0 Å². The van der Waals surface area contributed by atoms with Gasteiger partial charge in [-0.05, 0) is 43.7 Å². The number of hydrogen-bond donors (Lipinski definition) is 0. The van der Waals surface area contributed by atoms with Crippen LogP contribution in [-0.4, -0.2) is 40.9 Å². The number of aryl methyl sites for hydroxylation is 1. The van der Waals surface area contributed by atoms with Crippen LogP contribution in [0.4, 0.5) is 10.1 Å². The van der Waals surface area contributed by atoms with Crippen LogP contribution in [0.3, 0.4) is 0 Å². The molecule has 0 spiro atoms. The SMILES string of the molecule is Cc1nn(-c2ccccc2)c(C)c1N1CCN(Cc2ccc(F)cc2)CC1. The van der Waals surface area contributed by atoms with Crippen molar-refractivity contribution in [2.24, 2.45) is 0 Å². The summed E-state index contributed by atoms with van der Waals surface area (Å²) in [5.41, 5.74) is 5.77. The summed E-state index contributed by atoms with van der Waals surface area (Å²) in [6.07, 6.45) is 0. The Morgan fingerprint density at radius 1 is 0.889 bits per heavy atom. The largest absolute Gasteiger partial charge is 0.366 e. The van der Waals surface area contributed by atoms with Crippen molar-refractivity contribution < 1.29 is 4.39 Å². The van der Waals surface area contributed by atoms with Crippen molar-refractivity contribution in [3.63, 3.8) is 0 Å². The molecule has 0 unspecified atom stereocenters. The molecule has 1 aliphatic rings. The van der Waals surface area contributed by atoms with Crippen molar-refractivity contribution in [1.29, 1.82) is 0 Å². The Labute approximate surface area is 159 Å². The van der Waals surface area contributed by atoms with Gasteiger partial charge in [-0.2, -0.15) is 5.10 Å². The van der Waals surface area contributed by atoms with Crippen LogP contribution in [0.5, 0.6) is 0 Å². The summed E-state index contributed by atoms with van der Waals surface area (Å²) in [4.78, 5) is 4.87. The molecule has 1 saturated heterocycles. The standard InChI is InChI=1S/C22H25FN4/c1-17-22(18(2)27(24-17)21-6-4-3-5-7-21)26-14-12-25(13-15-26)16-19-8-10-20(23)11-9-19/h3-11H,12-16H2,1-2H3. The highest BCUT2D eigenvalue weighted by Gasteiger charge is 2.23. The minimum atomic E-state index is -0.176. The summed E-state index contributed by atoms with van der Waals surface area (Å²) in [7, 11) is 0. The molecule has 27 heavy (non-hydrogen) atoms. The normalized spacial score (nSPS) is 15.3. The molecular weight excluding hydrogens is 339 g/mol. The van der Waals surface area contributed by atoms with Gasteiger partial charge < -0.3 is 4.90 Å². The van der Waals surface area contributed by atoms with Gasteiger partial charge in [-0.1, -0.05) is 30.3 Å². The molecule has 0 radical (unpaired) electrons. The molecule has 140 valence electrons. The molecule has 4 nitrogen and oxygen atoms in total. The van der Waals surface area contributed by atoms with E-state index in [4.69, 9.17) is 5.10 Å². The Balaban J connectivity index is 1.45. The van der Waals surface area contributed by atoms with Crippen LogP contribution in [0.15, 0.2) is 54.6 Å². The van der Waals surface area contributed by atoms with Crippen molar-refractivity contribution in [3.05, 3.63) is 77.4 Å². The van der Waals surface area contributed by atoms with E-state index in [1.807, 2.05) is 35.0 Å². The summed E-state index contributed by atoms with van der Waals surface area (Å²) in [5, 5.41) is 4.78. The van der Waals surface area contributed by atoms with Gasteiger partial charge in [0.15, 0.2) is 0 Å². The second-order valence-corrected chi connectivity index (χ2v) is 7.16. The van der Waals surface area contributed by atoms with Gasteiger partial charge >= 0.3 is 0 Å². The first-order valence-electron chi connectivity index (χ1n) is 9.45. The first-order chi connectivity index (χ1) is 13.1. The minimum absolute atomic E-state index is 0.176. The fourth-order valence-corrected chi connectivity index (χ4v) is 3.89. The first kappa shape index (κ1) is 17.7. The predicted octanol–water partition coefficient (Wildman–Crippen LogP) is 3.95. The summed E-state index contributed by atoms with van der Waals surface area (Å²) in [6.45, 7) is 9.04. The molecule has 1 fully saturated rings. The van der Waals surface area contributed by atoms with Crippen LogP contribution in [0, 0.1) is 19.7 Å². The van der Waals surface area contributed by atoms with E-state index in [1.165, 1.54) is 23.5 Å². The van der Waals surface area contributed by atoms with Crippen molar-refractivity contribution in [2.45, 2.75) is 20.4 Å². The van der Waals surface area contributed by atoms with Gasteiger partial charge in [0.05, 0.1) is 22.8 Å². The maximum absolute atomic E-state index is 13.1. The molecular formula is C22H25FN4. The zero-order valence-corrected chi connectivity index (χ0v) is 15.9. The lowest BCUT2D eigenvalue weighted by atomic mass is 10.2. The molecule has 0 atom stereocenters. The zero-order chi connectivity index (χ0) is 18.8. The van der Waals surface area contributed by atoms with Crippen molar-refractivity contribution in [1.82, 2.24) is 14.7 Å². The van der Waals surface area contributed by atoms with Gasteiger partial charge in [0, 0.05) is 32.7 Å². The highest BCUT2D eigenvalue weighted by molar-refractivity contribution is 5.57. The van der Waals surface area contributed by atoms with E-state index in [1.54, 1.807) is 0 Å². The summed E-state index contributed by atoms with van der Waals surface area (Å²) >= 11 is 0. The van der Waals surface area contributed by atoms with E-state index in [0.717, 1.165) is 49.7 Å². The van der Waals surface area contributed by atoms with E-state index in [2.05, 4.69) is 35.8 Å². The second-order valence-electron chi connectivity index (χ2n) is 7.16. The van der Waals surface area contributed by atoms with E-state index in [0.29, 0.717) is 0 Å². The van der Waals surface area contributed by atoms with Gasteiger partial charge in [-0.3, -0.25) is 4.90 Å². The molecule has 2 aromatic carbocycles. The third-order valence-corrected chi connectivity index (χ3v) is 5.26. The number of halogens is 1. The van der Waals surface area contributed by atoms with Crippen molar-refractivity contribution >= 4 is 5.69 Å². The highest BCUT2D eigenvalue weighted by Crippen LogP contribution is 2.27. The van der Waals surface area contributed by atoms with Crippen LogP contribution in [-0.2, 0) is 6.54 Å². The van der Waals surface area contributed by atoms with Crippen LogP contribution in [0.2, 0.25) is 0 Å². The molecule has 0 aliphatic carbocycles. The number of nitrogens with zero attached hydrogens (tertiary/aromatic N) is 4. The van der Waals surface area contributed by atoms with Crippen molar-refractivity contribution in [3.8, 4) is 5.69 Å². The average molecular weight is 364 g/mol. The fraction of sp³-hybridized carbons (Fsp3) is 0.318. The maximum Gasteiger partial charge on any atom is 0.123 e. The van der Waals surface area contributed by atoms with E-state index >= 15 is 0 Å². The monoisotopic (exact) mass is 364 g/mol. The molecule has 0 bridgehead atoms. The molecule has 3 aromatic rings. The van der Waals surface area contributed by atoms with Crippen LogP contribution in [0.25, 0.3) is 5.69 Å². The molecule has 0 amide bonds. The first-order valence-corrected chi connectivity index (χ1v) is 9.45. The number of anilines is 1. The van der Waals surface area contributed by atoms with Gasteiger partial charge in [0.25, 0.3) is 0 Å². The summed E-state index contributed by atoms with van der Waals surface area (Å²) < 4.78 is 15.1. The van der Waals surface area contributed by atoms with Gasteiger partial charge in [-0.25, -0.2) is 9.07 Å². The van der Waals surface area contributed by atoms with E-state index in [9.17, 15) is 4.39 Å². The Kier molecular flexibility index (Phi) is 4.94. The van der Waals surface area contributed by atoms with Gasteiger partial charge in [0.2, 0.25) is 0 Å². The summed E-state index contributed by atoms with van der Waals surface area (Å²) in [6, 6.07) is 17.1. The Morgan fingerprint density at radius 2 is 1.56 bits per heavy atom.